The van der Waals surface area contributed by atoms with Crippen LogP contribution in [0.5, 0.6) is 0 Å². The van der Waals surface area contributed by atoms with Crippen molar-refractivity contribution in [3.05, 3.63) is 83.6 Å². The monoisotopic (exact) mass is 350 g/mol. The van der Waals surface area contributed by atoms with Gasteiger partial charge in [-0.05, 0) is 12.2 Å². The second-order valence-corrected chi connectivity index (χ2v) is 5.80. The molecule has 0 radical (unpaired) electrons. The summed E-state index contributed by atoms with van der Waals surface area (Å²) in [5, 5.41) is 2.65. The van der Waals surface area contributed by atoms with E-state index in [-0.39, 0.29) is 23.1 Å². The van der Waals surface area contributed by atoms with Gasteiger partial charge < -0.3 is 10.2 Å². The summed E-state index contributed by atoms with van der Waals surface area (Å²) in [6, 6.07) is 17.0. The van der Waals surface area contributed by atoms with Gasteiger partial charge in [0.05, 0.1) is 5.57 Å². The summed E-state index contributed by atoms with van der Waals surface area (Å²) < 4.78 is 0. The number of hydrogen-bond donors (Lipinski definition) is 1. The molecule has 0 unspecified atom stereocenters. The second kappa shape index (κ2) is 7.19. The van der Waals surface area contributed by atoms with Crippen molar-refractivity contribution in [2.75, 3.05) is 6.54 Å². The fourth-order valence-corrected chi connectivity index (χ4v) is 2.66. The largest absolute Gasteiger partial charge is 0.315 e. The lowest BCUT2D eigenvalue weighted by Crippen LogP contribution is -2.26. The van der Waals surface area contributed by atoms with E-state index in [9.17, 15) is 14.4 Å². The molecule has 6 heteroatoms. The highest BCUT2D eigenvalue weighted by Gasteiger charge is 2.27. The van der Waals surface area contributed by atoms with Gasteiger partial charge in [0.2, 0.25) is 5.91 Å². The molecule has 25 heavy (non-hydrogen) atoms. The Morgan fingerprint density at radius 1 is 0.920 bits per heavy atom. The SMILES string of the molecule is O=C1CN(C=C(C(=O)c2ccccc2)C(=O)c2ccccc2)C(=S)N1. The number of ketones is 2. The molecule has 0 aromatic heterocycles. The average Bonchev–Trinajstić information content (AvgIpc) is 2.97. The first-order chi connectivity index (χ1) is 12.1. The zero-order valence-electron chi connectivity index (χ0n) is 13.1. The van der Waals surface area contributed by atoms with E-state index in [0.717, 1.165) is 0 Å². The minimum absolute atomic E-state index is 0.0214. The van der Waals surface area contributed by atoms with E-state index in [4.69, 9.17) is 12.2 Å². The highest BCUT2D eigenvalue weighted by atomic mass is 32.1. The Hall–Kier alpha value is -3.12. The van der Waals surface area contributed by atoms with E-state index in [2.05, 4.69) is 5.32 Å². The molecule has 0 bridgehead atoms. The Morgan fingerprint density at radius 2 is 1.40 bits per heavy atom. The van der Waals surface area contributed by atoms with Crippen LogP contribution < -0.4 is 5.32 Å². The Morgan fingerprint density at radius 3 is 1.80 bits per heavy atom. The van der Waals surface area contributed by atoms with E-state index in [1.807, 2.05) is 0 Å². The molecule has 1 heterocycles. The number of nitrogens with zero attached hydrogens (tertiary/aromatic N) is 1. The van der Waals surface area contributed by atoms with Crippen molar-refractivity contribution in [2.45, 2.75) is 0 Å². The predicted octanol–water partition coefficient (Wildman–Crippen LogP) is 2.35. The molecule has 0 saturated carbocycles. The summed E-state index contributed by atoms with van der Waals surface area (Å²) in [5.41, 5.74) is 0.737. The fourth-order valence-electron chi connectivity index (χ4n) is 2.43. The lowest BCUT2D eigenvalue weighted by molar-refractivity contribution is -0.118. The second-order valence-electron chi connectivity index (χ2n) is 5.41. The molecule has 0 aliphatic carbocycles. The zero-order valence-corrected chi connectivity index (χ0v) is 14.0. The van der Waals surface area contributed by atoms with Crippen molar-refractivity contribution in [2.24, 2.45) is 0 Å². The molecule has 5 nitrogen and oxygen atoms in total. The number of Topliss-reactive ketones (excluding diaryl/α,β-unsaturated/α-hetero) is 2. The molecular formula is C19H14N2O3S. The van der Waals surface area contributed by atoms with Crippen LogP contribution in [0.1, 0.15) is 20.7 Å². The number of carbonyl (C=O) groups is 3. The lowest BCUT2D eigenvalue weighted by Gasteiger charge is -2.13. The molecule has 1 saturated heterocycles. The van der Waals surface area contributed by atoms with Crippen LogP contribution in [0.2, 0.25) is 0 Å². The van der Waals surface area contributed by atoms with Crippen molar-refractivity contribution in [3.63, 3.8) is 0 Å². The van der Waals surface area contributed by atoms with Crippen molar-refractivity contribution < 1.29 is 14.4 Å². The Labute approximate surface area is 150 Å². The Bertz CT molecular complexity index is 823. The summed E-state index contributed by atoms with van der Waals surface area (Å²) in [6.45, 7) is -0.0214. The smallest absolute Gasteiger partial charge is 0.246 e. The number of hydrogen-bond acceptors (Lipinski definition) is 4. The van der Waals surface area contributed by atoms with Crippen molar-refractivity contribution >= 4 is 34.8 Å². The molecule has 1 aliphatic heterocycles. The zero-order chi connectivity index (χ0) is 17.8. The number of carbonyl (C=O) groups excluding carboxylic acids is 3. The maximum atomic E-state index is 12.9. The highest BCUT2D eigenvalue weighted by Crippen LogP contribution is 2.16. The molecule has 124 valence electrons. The third-order valence-corrected chi connectivity index (χ3v) is 4.00. The van der Waals surface area contributed by atoms with E-state index in [1.54, 1.807) is 60.7 Å². The topological polar surface area (TPSA) is 66.5 Å². The maximum absolute atomic E-state index is 12.9. The van der Waals surface area contributed by atoms with E-state index < -0.39 is 11.6 Å². The maximum Gasteiger partial charge on any atom is 0.246 e. The normalized spacial score (nSPS) is 13.4. The summed E-state index contributed by atoms with van der Waals surface area (Å²) >= 11 is 5.07. The summed E-state index contributed by atoms with van der Waals surface area (Å²) in [6.07, 6.45) is 1.35. The predicted molar refractivity (Wildman–Crippen MR) is 97.1 cm³/mol. The van der Waals surface area contributed by atoms with Gasteiger partial charge in [0.1, 0.15) is 6.54 Å². The van der Waals surface area contributed by atoms with Crippen LogP contribution in [0.25, 0.3) is 0 Å². The molecule has 0 spiro atoms. The molecule has 1 amide bonds. The van der Waals surface area contributed by atoms with E-state index >= 15 is 0 Å². The van der Waals surface area contributed by atoms with Crippen LogP contribution in [-0.4, -0.2) is 34.0 Å². The summed E-state index contributed by atoms with van der Waals surface area (Å²) in [4.78, 5) is 38.6. The van der Waals surface area contributed by atoms with Crippen molar-refractivity contribution in [1.82, 2.24) is 10.2 Å². The molecule has 3 rings (SSSR count). The van der Waals surface area contributed by atoms with Gasteiger partial charge in [0.15, 0.2) is 16.7 Å². The highest BCUT2D eigenvalue weighted by molar-refractivity contribution is 7.80. The number of rotatable bonds is 5. The van der Waals surface area contributed by atoms with Crippen LogP contribution in [0.3, 0.4) is 0 Å². The molecular weight excluding hydrogens is 336 g/mol. The average molecular weight is 350 g/mol. The number of nitrogens with one attached hydrogen (secondary N) is 1. The van der Waals surface area contributed by atoms with Crippen LogP contribution >= 0.6 is 12.2 Å². The number of benzene rings is 2. The number of thiocarbonyl (C=S) groups is 1. The molecule has 0 atom stereocenters. The Kier molecular flexibility index (Phi) is 4.81. The fraction of sp³-hybridized carbons (Fsp3) is 0.0526. The minimum atomic E-state index is -0.420. The van der Waals surface area contributed by atoms with Gasteiger partial charge in [-0.25, -0.2) is 0 Å². The van der Waals surface area contributed by atoms with Gasteiger partial charge >= 0.3 is 0 Å². The molecule has 2 aromatic carbocycles. The van der Waals surface area contributed by atoms with Gasteiger partial charge in [-0.15, -0.1) is 0 Å². The first-order valence-electron chi connectivity index (χ1n) is 7.58. The molecule has 1 aliphatic rings. The van der Waals surface area contributed by atoms with E-state index in [1.165, 1.54) is 11.1 Å². The van der Waals surface area contributed by atoms with Crippen LogP contribution in [-0.2, 0) is 4.79 Å². The molecule has 1 N–H and O–H groups in total. The first kappa shape index (κ1) is 16.7. The third-order valence-electron chi connectivity index (χ3n) is 3.67. The minimum Gasteiger partial charge on any atom is -0.315 e. The van der Waals surface area contributed by atoms with E-state index in [0.29, 0.717) is 11.1 Å². The quantitative estimate of drug-likeness (QED) is 0.295. The van der Waals surface area contributed by atoms with Crippen molar-refractivity contribution in [3.8, 4) is 0 Å². The Balaban J connectivity index is 2.02. The van der Waals surface area contributed by atoms with Crippen LogP contribution in [0.15, 0.2) is 72.4 Å². The standard InChI is InChI=1S/C19H14N2O3S/c22-16-12-21(19(25)20-16)11-15(17(23)13-7-3-1-4-8-13)18(24)14-9-5-2-6-10-14/h1-11H,12H2,(H,20,22,25). The number of allylic oxidation sites excluding steroid dienone is 1. The van der Waals surface area contributed by atoms with Gasteiger partial charge in [-0.3, -0.25) is 14.4 Å². The number of amides is 1. The van der Waals surface area contributed by atoms with Gasteiger partial charge in [0, 0.05) is 17.3 Å². The molecule has 2 aromatic rings. The summed E-state index contributed by atoms with van der Waals surface area (Å²) in [7, 11) is 0. The first-order valence-corrected chi connectivity index (χ1v) is 7.99. The van der Waals surface area contributed by atoms with Gasteiger partial charge in [-0.1, -0.05) is 60.7 Å². The third kappa shape index (κ3) is 3.70. The van der Waals surface area contributed by atoms with Crippen LogP contribution in [0.4, 0.5) is 0 Å². The molecule has 1 fully saturated rings. The van der Waals surface area contributed by atoms with Crippen LogP contribution in [0, 0.1) is 0 Å². The van der Waals surface area contributed by atoms with Gasteiger partial charge in [-0.2, -0.15) is 0 Å². The van der Waals surface area contributed by atoms with Crippen molar-refractivity contribution in [1.29, 1.82) is 0 Å². The lowest BCUT2D eigenvalue weighted by atomic mass is 9.96. The van der Waals surface area contributed by atoms with Gasteiger partial charge in [0.25, 0.3) is 0 Å². The summed E-state index contributed by atoms with van der Waals surface area (Å²) in [5.74, 6) is -1.12.